The summed E-state index contributed by atoms with van der Waals surface area (Å²) in [6.45, 7) is 7.71. The number of hydrogen-bond acceptors (Lipinski definition) is 3. The van der Waals surface area contributed by atoms with Gasteiger partial charge in [0.2, 0.25) is 0 Å². The van der Waals surface area contributed by atoms with E-state index in [0.717, 1.165) is 29.1 Å². The highest BCUT2D eigenvalue weighted by Gasteiger charge is 2.12. The van der Waals surface area contributed by atoms with Crippen molar-refractivity contribution in [2.24, 2.45) is 0 Å². The van der Waals surface area contributed by atoms with Crippen LogP contribution in [-0.4, -0.2) is 22.8 Å². The van der Waals surface area contributed by atoms with Gasteiger partial charge >= 0.3 is 0 Å². The summed E-state index contributed by atoms with van der Waals surface area (Å²) in [6.07, 6.45) is 1.87. The van der Waals surface area contributed by atoms with E-state index in [9.17, 15) is 0 Å². The first-order valence-corrected chi connectivity index (χ1v) is 6.70. The first kappa shape index (κ1) is 13.6. The van der Waals surface area contributed by atoms with Crippen molar-refractivity contribution in [2.45, 2.75) is 33.4 Å². The second kappa shape index (κ2) is 6.38. The molecular weight excluding hydrogens is 238 g/mol. The standard InChI is InChI=1S/C15H21N3O/c1-4-19-14-8-6-5-7-13(14)15-12(10-17-18-15)9-16-11(2)3/h5-8,10-11,16H,4,9H2,1-3H3,(H,17,18). The summed E-state index contributed by atoms with van der Waals surface area (Å²) in [5, 5.41) is 10.6. The van der Waals surface area contributed by atoms with Gasteiger partial charge in [0.25, 0.3) is 0 Å². The van der Waals surface area contributed by atoms with Crippen LogP contribution in [0.25, 0.3) is 11.3 Å². The molecule has 0 radical (unpaired) electrons. The molecule has 0 unspecified atom stereocenters. The first-order valence-electron chi connectivity index (χ1n) is 6.70. The summed E-state index contributed by atoms with van der Waals surface area (Å²) in [5.74, 6) is 0.889. The lowest BCUT2D eigenvalue weighted by Gasteiger charge is -2.11. The number of benzene rings is 1. The Morgan fingerprint density at radius 2 is 2.11 bits per heavy atom. The number of hydrogen-bond donors (Lipinski definition) is 2. The average Bonchev–Trinajstić information content (AvgIpc) is 2.85. The molecule has 2 N–H and O–H groups in total. The Hall–Kier alpha value is -1.81. The first-order chi connectivity index (χ1) is 9.22. The van der Waals surface area contributed by atoms with Crippen LogP contribution in [-0.2, 0) is 6.54 Å². The molecule has 0 spiro atoms. The normalized spacial score (nSPS) is 10.9. The second-order valence-electron chi connectivity index (χ2n) is 4.74. The van der Waals surface area contributed by atoms with Crippen LogP contribution in [0.4, 0.5) is 0 Å². The fourth-order valence-electron chi connectivity index (χ4n) is 1.95. The smallest absolute Gasteiger partial charge is 0.128 e. The van der Waals surface area contributed by atoms with Crippen LogP contribution < -0.4 is 10.1 Å². The molecule has 4 nitrogen and oxygen atoms in total. The molecule has 0 saturated carbocycles. The molecule has 0 saturated heterocycles. The van der Waals surface area contributed by atoms with Crippen molar-refractivity contribution in [2.75, 3.05) is 6.61 Å². The van der Waals surface area contributed by atoms with Crippen molar-refractivity contribution in [1.82, 2.24) is 15.5 Å². The van der Waals surface area contributed by atoms with E-state index in [2.05, 4.69) is 35.4 Å². The van der Waals surface area contributed by atoms with Gasteiger partial charge in [-0.25, -0.2) is 0 Å². The number of nitrogens with one attached hydrogen (secondary N) is 2. The van der Waals surface area contributed by atoms with E-state index in [1.54, 1.807) is 0 Å². The Labute approximate surface area is 114 Å². The van der Waals surface area contributed by atoms with E-state index in [1.807, 2.05) is 31.3 Å². The molecule has 0 aliphatic rings. The maximum Gasteiger partial charge on any atom is 0.128 e. The third-order valence-corrected chi connectivity index (χ3v) is 2.87. The summed E-state index contributed by atoms with van der Waals surface area (Å²) in [7, 11) is 0. The molecular formula is C15H21N3O. The number of ether oxygens (including phenoxy) is 1. The van der Waals surface area contributed by atoms with Crippen molar-refractivity contribution in [3.63, 3.8) is 0 Å². The molecule has 1 heterocycles. The molecule has 0 amide bonds. The minimum atomic E-state index is 0.449. The number of aromatic amines is 1. The summed E-state index contributed by atoms with van der Waals surface area (Å²) in [5.41, 5.74) is 3.24. The Kier molecular flexibility index (Phi) is 4.58. The molecule has 1 aromatic carbocycles. The number of nitrogens with zero attached hydrogens (tertiary/aromatic N) is 1. The van der Waals surface area contributed by atoms with Gasteiger partial charge in [0.1, 0.15) is 5.75 Å². The maximum absolute atomic E-state index is 5.67. The van der Waals surface area contributed by atoms with E-state index in [0.29, 0.717) is 12.6 Å². The minimum absolute atomic E-state index is 0.449. The lowest BCUT2D eigenvalue weighted by Crippen LogP contribution is -2.21. The van der Waals surface area contributed by atoms with Crippen LogP contribution in [0.2, 0.25) is 0 Å². The van der Waals surface area contributed by atoms with E-state index < -0.39 is 0 Å². The van der Waals surface area contributed by atoms with Gasteiger partial charge in [0.15, 0.2) is 0 Å². The molecule has 0 atom stereocenters. The highest BCUT2D eigenvalue weighted by molar-refractivity contribution is 5.69. The topological polar surface area (TPSA) is 49.9 Å². The van der Waals surface area contributed by atoms with Gasteiger partial charge in [-0.2, -0.15) is 5.10 Å². The molecule has 102 valence electrons. The molecule has 1 aromatic heterocycles. The van der Waals surface area contributed by atoms with E-state index in [-0.39, 0.29) is 0 Å². The molecule has 0 aliphatic heterocycles. The Bertz CT molecular complexity index is 520. The third-order valence-electron chi connectivity index (χ3n) is 2.87. The van der Waals surface area contributed by atoms with Crippen molar-refractivity contribution in [3.05, 3.63) is 36.0 Å². The molecule has 0 aliphatic carbocycles. The van der Waals surface area contributed by atoms with E-state index in [4.69, 9.17) is 4.74 Å². The highest BCUT2D eigenvalue weighted by Crippen LogP contribution is 2.30. The maximum atomic E-state index is 5.67. The van der Waals surface area contributed by atoms with Crippen LogP contribution in [0.5, 0.6) is 5.75 Å². The predicted molar refractivity (Wildman–Crippen MR) is 77.2 cm³/mol. The average molecular weight is 259 g/mol. The summed E-state index contributed by atoms with van der Waals surface area (Å²) < 4.78 is 5.67. The van der Waals surface area contributed by atoms with Crippen LogP contribution in [0.1, 0.15) is 26.3 Å². The fraction of sp³-hybridized carbons (Fsp3) is 0.400. The Morgan fingerprint density at radius 1 is 1.32 bits per heavy atom. The fourth-order valence-corrected chi connectivity index (χ4v) is 1.95. The summed E-state index contributed by atoms with van der Waals surface area (Å²) in [6, 6.07) is 8.48. The lowest BCUT2D eigenvalue weighted by atomic mass is 10.1. The van der Waals surface area contributed by atoms with Gasteiger partial charge < -0.3 is 10.1 Å². The van der Waals surface area contributed by atoms with Crippen LogP contribution in [0.3, 0.4) is 0 Å². The van der Waals surface area contributed by atoms with Gasteiger partial charge in [-0.3, -0.25) is 5.10 Å². The zero-order valence-electron chi connectivity index (χ0n) is 11.7. The monoisotopic (exact) mass is 259 g/mol. The molecule has 2 rings (SSSR count). The largest absolute Gasteiger partial charge is 0.493 e. The van der Waals surface area contributed by atoms with Crippen molar-refractivity contribution in [1.29, 1.82) is 0 Å². The molecule has 0 fully saturated rings. The zero-order valence-corrected chi connectivity index (χ0v) is 11.7. The number of para-hydroxylation sites is 1. The third kappa shape index (κ3) is 3.35. The van der Waals surface area contributed by atoms with Crippen molar-refractivity contribution in [3.8, 4) is 17.0 Å². The van der Waals surface area contributed by atoms with Crippen LogP contribution in [0, 0.1) is 0 Å². The highest BCUT2D eigenvalue weighted by atomic mass is 16.5. The number of aromatic nitrogens is 2. The Morgan fingerprint density at radius 3 is 2.84 bits per heavy atom. The van der Waals surface area contributed by atoms with Crippen LogP contribution in [0.15, 0.2) is 30.5 Å². The van der Waals surface area contributed by atoms with Gasteiger partial charge in [0.05, 0.1) is 18.5 Å². The second-order valence-corrected chi connectivity index (χ2v) is 4.74. The van der Waals surface area contributed by atoms with Crippen molar-refractivity contribution < 1.29 is 4.74 Å². The minimum Gasteiger partial charge on any atom is -0.493 e. The Balaban J connectivity index is 2.29. The zero-order chi connectivity index (χ0) is 13.7. The molecule has 2 aromatic rings. The molecule has 0 bridgehead atoms. The van der Waals surface area contributed by atoms with Gasteiger partial charge in [0, 0.05) is 23.7 Å². The van der Waals surface area contributed by atoms with Gasteiger partial charge in [-0.1, -0.05) is 26.0 Å². The summed E-state index contributed by atoms with van der Waals surface area (Å²) >= 11 is 0. The molecule has 4 heteroatoms. The number of H-pyrrole nitrogens is 1. The SMILES string of the molecule is CCOc1ccccc1-c1[nH]ncc1CNC(C)C. The summed E-state index contributed by atoms with van der Waals surface area (Å²) in [4.78, 5) is 0. The number of rotatable bonds is 6. The quantitative estimate of drug-likeness (QED) is 0.838. The van der Waals surface area contributed by atoms with Gasteiger partial charge in [-0.15, -0.1) is 0 Å². The van der Waals surface area contributed by atoms with E-state index >= 15 is 0 Å². The lowest BCUT2D eigenvalue weighted by molar-refractivity contribution is 0.341. The van der Waals surface area contributed by atoms with Gasteiger partial charge in [-0.05, 0) is 19.1 Å². The van der Waals surface area contributed by atoms with Crippen molar-refractivity contribution >= 4 is 0 Å². The predicted octanol–water partition coefficient (Wildman–Crippen LogP) is 2.97. The molecule has 19 heavy (non-hydrogen) atoms. The van der Waals surface area contributed by atoms with Crippen LogP contribution >= 0.6 is 0 Å². The van der Waals surface area contributed by atoms with E-state index in [1.165, 1.54) is 0 Å².